The van der Waals surface area contributed by atoms with Crippen LogP contribution in [0.2, 0.25) is 0 Å². The van der Waals surface area contributed by atoms with Crippen LogP contribution in [0.1, 0.15) is 30.9 Å². The van der Waals surface area contributed by atoms with Crippen molar-refractivity contribution in [2.45, 2.75) is 49.8 Å². The number of fused-ring (bicyclic) bond motifs is 1. The van der Waals surface area contributed by atoms with Crippen LogP contribution in [-0.2, 0) is 32.7 Å². The summed E-state index contributed by atoms with van der Waals surface area (Å²) in [6.45, 7) is 2.61. The molecule has 1 heterocycles. The second kappa shape index (κ2) is 10.3. The molecule has 8 N–H and O–H groups in total. The summed E-state index contributed by atoms with van der Waals surface area (Å²) in [5, 5.41) is 25.4. The molecule has 2 atom stereocenters. The van der Waals surface area contributed by atoms with E-state index in [0.29, 0.717) is 13.0 Å². The minimum absolute atomic E-state index is 0.0131. The Morgan fingerprint density at radius 2 is 1.82 bits per heavy atom. The first-order valence-corrected chi connectivity index (χ1v) is 12.1. The number of hydrogen-bond donors (Lipinski definition) is 6. The molecule has 12 heteroatoms. The highest BCUT2D eigenvalue weighted by atomic mass is 32.2. The lowest BCUT2D eigenvalue weighted by Gasteiger charge is -2.17. The van der Waals surface area contributed by atoms with Gasteiger partial charge in [-0.2, -0.15) is 4.31 Å². The molecule has 0 aliphatic carbocycles. The molecule has 0 spiro atoms. The number of nitrogens with two attached hydrogens (primary N) is 2. The summed E-state index contributed by atoms with van der Waals surface area (Å²) in [7, 11) is -3.95. The van der Waals surface area contributed by atoms with Crippen LogP contribution >= 0.6 is 0 Å². The van der Waals surface area contributed by atoms with Gasteiger partial charge in [-0.1, -0.05) is 6.07 Å². The number of benzene rings is 2. The first kappa shape index (κ1) is 25.3. The molecule has 1 aliphatic heterocycles. The number of hydrogen-bond acceptors (Lipinski definition) is 8. The van der Waals surface area contributed by atoms with Crippen LogP contribution in [-0.4, -0.2) is 53.4 Å². The lowest BCUT2D eigenvalue weighted by atomic mass is 10.1. The Kier molecular flexibility index (Phi) is 7.64. The molecular formula is C22H29N5O6S. The maximum absolute atomic E-state index is 13.0. The van der Waals surface area contributed by atoms with Crippen molar-refractivity contribution in [3.05, 3.63) is 47.5 Å². The first-order chi connectivity index (χ1) is 16.0. The Balaban J connectivity index is 1.57. The lowest BCUT2D eigenvalue weighted by Crippen LogP contribution is -2.43. The predicted molar refractivity (Wildman–Crippen MR) is 125 cm³/mol. The van der Waals surface area contributed by atoms with E-state index in [9.17, 15) is 28.2 Å². The summed E-state index contributed by atoms with van der Waals surface area (Å²) >= 11 is 0. The molecule has 0 fully saturated rings. The number of sulfonamides is 1. The standard InChI is InChI=1S/C22H29N5O6S/c1-13(6-7-25-22(31)18(23)10-21(24)30)26-16-3-2-14-11-27(12-15(14)8-16)34(32,33)20-5-4-17(28)9-19(20)29/h2-5,8-9,13,18,26,28-29H,6-7,10-12,23H2,1H3,(H2,24,30)(H,25,31). The van der Waals surface area contributed by atoms with Gasteiger partial charge in [0.25, 0.3) is 0 Å². The quantitative estimate of drug-likeness (QED) is 0.274. The second-order valence-corrected chi connectivity index (χ2v) is 10.2. The third kappa shape index (κ3) is 5.95. The fraction of sp³-hybridized carbons (Fsp3) is 0.364. The maximum atomic E-state index is 13.0. The number of rotatable bonds is 10. The summed E-state index contributed by atoms with van der Waals surface area (Å²) < 4.78 is 27.2. The molecule has 0 aromatic heterocycles. The Hall–Kier alpha value is -3.35. The number of carbonyl (C=O) groups is 2. The topological polar surface area (TPSA) is 188 Å². The average molecular weight is 492 g/mol. The van der Waals surface area contributed by atoms with Crippen LogP contribution in [0.3, 0.4) is 0 Å². The highest BCUT2D eigenvalue weighted by Gasteiger charge is 2.32. The fourth-order valence-electron chi connectivity index (χ4n) is 3.70. The van der Waals surface area contributed by atoms with E-state index in [4.69, 9.17) is 11.5 Å². The van der Waals surface area contributed by atoms with E-state index in [2.05, 4.69) is 10.6 Å². The summed E-state index contributed by atoms with van der Waals surface area (Å²) in [5.74, 6) is -1.81. The van der Waals surface area contributed by atoms with Crippen LogP contribution in [0, 0.1) is 0 Å². The number of phenolic OH excluding ortho intramolecular Hbond substituents is 2. The minimum atomic E-state index is -3.95. The molecule has 2 unspecified atom stereocenters. The largest absolute Gasteiger partial charge is 0.508 e. The van der Waals surface area contributed by atoms with Crippen molar-refractivity contribution < 1.29 is 28.2 Å². The van der Waals surface area contributed by atoms with Gasteiger partial charge < -0.3 is 32.3 Å². The zero-order valence-corrected chi connectivity index (χ0v) is 19.5. The molecule has 34 heavy (non-hydrogen) atoms. The number of amides is 2. The molecule has 0 radical (unpaired) electrons. The molecule has 184 valence electrons. The molecule has 2 amide bonds. The molecule has 0 bridgehead atoms. The second-order valence-electron chi connectivity index (χ2n) is 8.31. The van der Waals surface area contributed by atoms with Crippen LogP contribution in [0.15, 0.2) is 41.3 Å². The van der Waals surface area contributed by atoms with Crippen molar-refractivity contribution >= 4 is 27.5 Å². The fourth-order valence-corrected chi connectivity index (χ4v) is 5.15. The molecule has 2 aromatic carbocycles. The van der Waals surface area contributed by atoms with Gasteiger partial charge in [0.1, 0.15) is 16.4 Å². The predicted octanol–water partition coefficient (Wildman–Crippen LogP) is 0.312. The summed E-state index contributed by atoms with van der Waals surface area (Å²) in [6.07, 6.45) is 0.376. The Bertz CT molecular complexity index is 1190. The van der Waals surface area contributed by atoms with Crippen molar-refractivity contribution in [2.24, 2.45) is 11.5 Å². The van der Waals surface area contributed by atoms with E-state index in [-0.39, 0.29) is 36.2 Å². The normalized spacial score (nSPS) is 15.4. The van der Waals surface area contributed by atoms with Crippen molar-refractivity contribution in [3.8, 4) is 11.5 Å². The van der Waals surface area contributed by atoms with E-state index in [1.807, 2.05) is 25.1 Å². The highest BCUT2D eigenvalue weighted by Crippen LogP contribution is 2.34. The number of nitrogens with zero attached hydrogens (tertiary/aromatic N) is 1. The Morgan fingerprint density at radius 3 is 2.50 bits per heavy atom. The van der Waals surface area contributed by atoms with Gasteiger partial charge in [0.15, 0.2) is 0 Å². The smallest absolute Gasteiger partial charge is 0.247 e. The Morgan fingerprint density at radius 1 is 1.12 bits per heavy atom. The van der Waals surface area contributed by atoms with Gasteiger partial charge in [0.2, 0.25) is 21.8 Å². The first-order valence-electron chi connectivity index (χ1n) is 10.7. The van der Waals surface area contributed by atoms with E-state index in [1.165, 1.54) is 16.4 Å². The van der Waals surface area contributed by atoms with Gasteiger partial charge in [-0.15, -0.1) is 0 Å². The van der Waals surface area contributed by atoms with Gasteiger partial charge in [0, 0.05) is 37.4 Å². The van der Waals surface area contributed by atoms with Crippen molar-refractivity contribution in [3.63, 3.8) is 0 Å². The number of phenols is 2. The van der Waals surface area contributed by atoms with E-state index < -0.39 is 33.6 Å². The summed E-state index contributed by atoms with van der Waals surface area (Å²) in [6, 6.07) is 7.98. The number of anilines is 1. The lowest BCUT2D eigenvalue weighted by molar-refractivity contribution is -0.126. The Labute approximate surface area is 197 Å². The molecule has 0 saturated carbocycles. The van der Waals surface area contributed by atoms with Gasteiger partial charge in [0.05, 0.1) is 12.5 Å². The summed E-state index contributed by atoms with van der Waals surface area (Å²) in [5.41, 5.74) is 13.1. The van der Waals surface area contributed by atoms with Crippen molar-refractivity contribution in [1.82, 2.24) is 9.62 Å². The number of carbonyl (C=O) groups excluding carboxylic acids is 2. The van der Waals surface area contributed by atoms with E-state index >= 15 is 0 Å². The zero-order valence-electron chi connectivity index (χ0n) is 18.7. The number of primary amides is 1. The molecule has 2 aromatic rings. The minimum Gasteiger partial charge on any atom is -0.508 e. The monoisotopic (exact) mass is 491 g/mol. The zero-order chi connectivity index (χ0) is 25.0. The molecule has 1 aliphatic rings. The maximum Gasteiger partial charge on any atom is 0.247 e. The van der Waals surface area contributed by atoms with Gasteiger partial charge in [-0.25, -0.2) is 8.42 Å². The molecule has 0 saturated heterocycles. The van der Waals surface area contributed by atoms with Crippen LogP contribution in [0.5, 0.6) is 11.5 Å². The SMILES string of the molecule is CC(CCNC(=O)C(N)CC(N)=O)Nc1ccc2c(c1)CN(S(=O)(=O)c1ccc(O)cc1O)C2. The van der Waals surface area contributed by atoms with Gasteiger partial charge in [-0.05, 0) is 48.7 Å². The average Bonchev–Trinajstić information content (AvgIpc) is 3.17. The van der Waals surface area contributed by atoms with Crippen molar-refractivity contribution in [1.29, 1.82) is 0 Å². The third-order valence-corrected chi connectivity index (χ3v) is 7.35. The molecule has 3 rings (SSSR count). The van der Waals surface area contributed by atoms with Crippen molar-refractivity contribution in [2.75, 3.05) is 11.9 Å². The number of nitrogens with one attached hydrogen (secondary N) is 2. The van der Waals surface area contributed by atoms with E-state index in [1.54, 1.807) is 0 Å². The molecule has 11 nitrogen and oxygen atoms in total. The molecular weight excluding hydrogens is 462 g/mol. The highest BCUT2D eigenvalue weighted by molar-refractivity contribution is 7.89. The third-order valence-electron chi connectivity index (χ3n) is 5.51. The van der Waals surface area contributed by atoms with Crippen LogP contribution in [0.25, 0.3) is 0 Å². The van der Waals surface area contributed by atoms with Gasteiger partial charge >= 0.3 is 0 Å². The summed E-state index contributed by atoms with van der Waals surface area (Å²) in [4.78, 5) is 22.4. The number of aromatic hydroxyl groups is 2. The van der Waals surface area contributed by atoms with Crippen LogP contribution in [0.4, 0.5) is 5.69 Å². The van der Waals surface area contributed by atoms with E-state index in [0.717, 1.165) is 22.9 Å². The van der Waals surface area contributed by atoms with Gasteiger partial charge in [-0.3, -0.25) is 9.59 Å². The van der Waals surface area contributed by atoms with Crippen LogP contribution < -0.4 is 22.1 Å².